The van der Waals surface area contributed by atoms with Gasteiger partial charge in [0, 0.05) is 26.1 Å². The minimum absolute atomic E-state index is 0.0106. The van der Waals surface area contributed by atoms with Crippen molar-refractivity contribution in [3.63, 3.8) is 0 Å². The molecule has 1 heterocycles. The van der Waals surface area contributed by atoms with E-state index in [1.54, 1.807) is 0 Å². The van der Waals surface area contributed by atoms with Crippen molar-refractivity contribution >= 4 is 15.9 Å². The number of hydrogen-bond donors (Lipinski definition) is 1. The van der Waals surface area contributed by atoms with Gasteiger partial charge < -0.3 is 4.90 Å². The summed E-state index contributed by atoms with van der Waals surface area (Å²) in [5.41, 5.74) is -1.29. The van der Waals surface area contributed by atoms with E-state index in [4.69, 9.17) is 0 Å². The highest BCUT2D eigenvalue weighted by molar-refractivity contribution is 7.88. The number of hydrogen-bond acceptors (Lipinski definition) is 3. The number of amides is 1. The molecule has 0 unspecified atom stereocenters. The summed E-state index contributed by atoms with van der Waals surface area (Å²) in [5.74, 6) is -0.986. The van der Waals surface area contributed by atoms with Gasteiger partial charge in [-0.3, -0.25) is 4.79 Å². The fourth-order valence-electron chi connectivity index (χ4n) is 2.37. The van der Waals surface area contributed by atoms with Crippen molar-refractivity contribution < 1.29 is 26.4 Å². The lowest BCUT2D eigenvalue weighted by molar-refractivity contribution is -0.138. The number of alkyl halides is 3. The molecule has 0 aliphatic carbocycles. The Bertz CT molecular complexity index is 673. The quantitative estimate of drug-likeness (QED) is 0.903. The van der Waals surface area contributed by atoms with Crippen molar-refractivity contribution in [2.45, 2.75) is 24.4 Å². The van der Waals surface area contributed by atoms with Gasteiger partial charge in [-0.25, -0.2) is 13.1 Å². The van der Waals surface area contributed by atoms with Crippen LogP contribution in [0.1, 0.15) is 17.5 Å². The van der Waals surface area contributed by atoms with E-state index in [1.165, 1.54) is 24.1 Å². The molecule has 1 atom stereocenters. The Morgan fingerprint density at radius 1 is 1.32 bits per heavy atom. The highest BCUT2D eigenvalue weighted by Crippen LogP contribution is 2.32. The third-order valence-electron chi connectivity index (χ3n) is 3.36. The number of carbonyl (C=O) groups excluding carboxylic acids is 1. The van der Waals surface area contributed by atoms with Crippen LogP contribution in [0.3, 0.4) is 0 Å². The Kier molecular flexibility index (Phi) is 4.48. The number of rotatable bonds is 4. The van der Waals surface area contributed by atoms with Crippen molar-refractivity contribution in [1.29, 1.82) is 0 Å². The minimum Gasteiger partial charge on any atom is -0.344 e. The van der Waals surface area contributed by atoms with Crippen LogP contribution in [-0.4, -0.2) is 38.9 Å². The maximum absolute atomic E-state index is 12.9. The average Bonchev–Trinajstić information content (AvgIpc) is 2.65. The molecule has 0 bridgehead atoms. The lowest BCUT2D eigenvalue weighted by Gasteiger charge is -2.15. The lowest BCUT2D eigenvalue weighted by atomic mass is 10.1. The number of likely N-dealkylation sites (tertiary alicyclic amines) is 1. The van der Waals surface area contributed by atoms with Crippen LogP contribution in [0.2, 0.25) is 0 Å². The first-order valence-electron chi connectivity index (χ1n) is 6.47. The first-order chi connectivity index (χ1) is 10.1. The van der Waals surface area contributed by atoms with Crippen LogP contribution in [0.15, 0.2) is 24.3 Å². The van der Waals surface area contributed by atoms with Crippen LogP contribution in [-0.2, 0) is 26.7 Å². The van der Waals surface area contributed by atoms with Gasteiger partial charge in [0.2, 0.25) is 15.9 Å². The first kappa shape index (κ1) is 16.8. The number of likely N-dealkylation sites (N-methyl/N-ethyl adjacent to an activating group) is 1. The van der Waals surface area contributed by atoms with E-state index in [2.05, 4.69) is 4.72 Å². The highest BCUT2D eigenvalue weighted by atomic mass is 32.2. The van der Waals surface area contributed by atoms with Crippen molar-refractivity contribution in [3.05, 3.63) is 35.4 Å². The molecule has 0 radical (unpaired) electrons. The van der Waals surface area contributed by atoms with Crippen LogP contribution in [0.4, 0.5) is 13.2 Å². The van der Waals surface area contributed by atoms with Crippen molar-refractivity contribution in [1.82, 2.24) is 9.62 Å². The van der Waals surface area contributed by atoms with Gasteiger partial charge in [0.25, 0.3) is 0 Å². The molecule has 1 aromatic rings. The normalized spacial score (nSPS) is 19.7. The van der Waals surface area contributed by atoms with E-state index in [0.29, 0.717) is 0 Å². The summed E-state index contributed by atoms with van der Waals surface area (Å²) in [7, 11) is -2.44. The average molecular weight is 336 g/mol. The standard InChI is InChI=1S/C13H15F3N2O3S/c1-18-7-10(6-12(18)19)17-22(20,21)8-9-4-2-3-5-11(9)13(14,15)16/h2-5,10,17H,6-8H2,1H3/t10-/m1/s1. The number of nitrogens with zero attached hydrogens (tertiary/aromatic N) is 1. The number of sulfonamides is 1. The van der Waals surface area contributed by atoms with Gasteiger partial charge in [-0.15, -0.1) is 0 Å². The largest absolute Gasteiger partial charge is 0.416 e. The number of carbonyl (C=O) groups is 1. The Hall–Kier alpha value is -1.61. The van der Waals surface area contributed by atoms with Gasteiger partial charge in [-0.1, -0.05) is 18.2 Å². The van der Waals surface area contributed by atoms with Crippen LogP contribution in [0.5, 0.6) is 0 Å². The van der Waals surface area contributed by atoms with Gasteiger partial charge >= 0.3 is 6.18 Å². The molecule has 1 aromatic carbocycles. The molecule has 0 aromatic heterocycles. The molecule has 0 saturated carbocycles. The molecule has 1 saturated heterocycles. The molecule has 0 spiro atoms. The fraction of sp³-hybridized carbons (Fsp3) is 0.462. The van der Waals surface area contributed by atoms with E-state index in [0.717, 1.165) is 12.1 Å². The monoisotopic (exact) mass is 336 g/mol. The van der Waals surface area contributed by atoms with Crippen LogP contribution in [0.25, 0.3) is 0 Å². The van der Waals surface area contributed by atoms with Gasteiger partial charge in [0.05, 0.1) is 11.3 Å². The Morgan fingerprint density at radius 2 is 1.95 bits per heavy atom. The summed E-state index contributed by atoms with van der Waals surface area (Å²) >= 11 is 0. The molecule has 1 N–H and O–H groups in total. The van der Waals surface area contributed by atoms with Crippen LogP contribution >= 0.6 is 0 Å². The zero-order valence-corrected chi connectivity index (χ0v) is 12.5. The topological polar surface area (TPSA) is 66.5 Å². The lowest BCUT2D eigenvalue weighted by Crippen LogP contribution is -2.37. The van der Waals surface area contributed by atoms with Crippen LogP contribution < -0.4 is 4.72 Å². The Balaban J connectivity index is 2.15. The second-order valence-corrected chi connectivity index (χ2v) is 6.96. The predicted octanol–water partition coefficient (Wildman–Crippen LogP) is 1.36. The van der Waals surface area contributed by atoms with Gasteiger partial charge in [-0.05, 0) is 11.6 Å². The van der Waals surface area contributed by atoms with Crippen LogP contribution in [0, 0.1) is 0 Å². The summed E-state index contributed by atoms with van der Waals surface area (Å²) in [5, 5.41) is 0. The number of halogens is 3. The number of nitrogens with one attached hydrogen (secondary N) is 1. The summed E-state index contributed by atoms with van der Waals surface area (Å²) in [6.07, 6.45) is -4.60. The van der Waals surface area contributed by atoms with Gasteiger partial charge in [0.15, 0.2) is 0 Å². The second kappa shape index (κ2) is 5.88. The molecule has 122 valence electrons. The van der Waals surface area contributed by atoms with Crippen molar-refractivity contribution in [3.8, 4) is 0 Å². The summed E-state index contributed by atoms with van der Waals surface area (Å²) in [4.78, 5) is 12.7. The molecule has 2 rings (SSSR count). The molecular weight excluding hydrogens is 321 g/mol. The molecule has 5 nitrogen and oxygen atoms in total. The van der Waals surface area contributed by atoms with E-state index in [9.17, 15) is 26.4 Å². The van der Waals surface area contributed by atoms with E-state index in [-0.39, 0.29) is 24.4 Å². The second-order valence-electron chi connectivity index (χ2n) is 5.21. The first-order valence-corrected chi connectivity index (χ1v) is 8.13. The fourth-order valence-corrected chi connectivity index (χ4v) is 3.78. The van der Waals surface area contributed by atoms with E-state index >= 15 is 0 Å². The maximum Gasteiger partial charge on any atom is 0.416 e. The zero-order chi connectivity index (χ0) is 16.5. The minimum atomic E-state index is -4.62. The zero-order valence-electron chi connectivity index (χ0n) is 11.7. The third-order valence-corrected chi connectivity index (χ3v) is 4.74. The maximum atomic E-state index is 12.9. The molecular formula is C13H15F3N2O3S. The van der Waals surface area contributed by atoms with E-state index < -0.39 is 33.6 Å². The smallest absolute Gasteiger partial charge is 0.344 e. The van der Waals surface area contributed by atoms with Crippen molar-refractivity contribution in [2.75, 3.05) is 13.6 Å². The summed E-state index contributed by atoms with van der Waals surface area (Å²) in [6.45, 7) is 0.207. The summed E-state index contributed by atoms with van der Waals surface area (Å²) < 4.78 is 65.0. The van der Waals surface area contributed by atoms with E-state index in [1.807, 2.05) is 0 Å². The predicted molar refractivity (Wildman–Crippen MR) is 73.2 cm³/mol. The number of benzene rings is 1. The SMILES string of the molecule is CN1C[C@H](NS(=O)(=O)Cc2ccccc2C(F)(F)F)CC1=O. The molecule has 1 fully saturated rings. The Morgan fingerprint density at radius 3 is 2.50 bits per heavy atom. The van der Waals surface area contributed by atoms with Gasteiger partial charge in [0.1, 0.15) is 0 Å². The third kappa shape index (κ3) is 3.98. The van der Waals surface area contributed by atoms with Crippen molar-refractivity contribution in [2.24, 2.45) is 0 Å². The molecule has 1 amide bonds. The van der Waals surface area contributed by atoms with Gasteiger partial charge in [-0.2, -0.15) is 13.2 Å². The molecule has 9 heteroatoms. The highest BCUT2D eigenvalue weighted by Gasteiger charge is 2.35. The molecule has 1 aliphatic rings. The molecule has 22 heavy (non-hydrogen) atoms. The summed E-state index contributed by atoms with van der Waals surface area (Å²) in [6, 6.07) is 3.93. The molecule has 1 aliphatic heterocycles. The Labute approximate surface area is 126 Å².